The average molecular weight is 198 g/mol. The topological polar surface area (TPSA) is 35.5 Å². The van der Waals surface area contributed by atoms with Crippen LogP contribution in [-0.2, 0) is 0 Å². The molecule has 0 aromatic heterocycles. The van der Waals surface area contributed by atoms with Crippen LogP contribution in [0.5, 0.6) is 0 Å². The van der Waals surface area contributed by atoms with Gasteiger partial charge in [0.25, 0.3) is 0 Å². The van der Waals surface area contributed by atoms with Crippen LogP contribution in [0.2, 0.25) is 0 Å². The van der Waals surface area contributed by atoms with Crippen LogP contribution in [0.15, 0.2) is 0 Å². The number of hydrogen-bond donors (Lipinski definition) is 2. The Morgan fingerprint density at radius 1 is 1.43 bits per heavy atom. The first-order chi connectivity index (χ1) is 6.83. The highest BCUT2D eigenvalue weighted by molar-refractivity contribution is 4.91. The molecule has 0 radical (unpaired) electrons. The summed E-state index contributed by atoms with van der Waals surface area (Å²) in [6, 6.07) is 0.970. The number of nitrogens with one attached hydrogen (secondary N) is 1. The summed E-state index contributed by atoms with van der Waals surface area (Å²) in [7, 11) is 0. The number of aliphatic hydroxyl groups is 1. The van der Waals surface area contributed by atoms with Crippen molar-refractivity contribution in [2.45, 2.75) is 38.3 Å². The Balaban J connectivity index is 1.85. The molecule has 2 fully saturated rings. The molecule has 14 heavy (non-hydrogen) atoms. The fourth-order valence-electron chi connectivity index (χ4n) is 2.77. The van der Waals surface area contributed by atoms with Crippen molar-refractivity contribution in [2.75, 3.05) is 26.2 Å². The van der Waals surface area contributed by atoms with Gasteiger partial charge in [0, 0.05) is 18.6 Å². The van der Waals surface area contributed by atoms with Gasteiger partial charge in [-0.15, -0.1) is 0 Å². The number of nitrogens with zero attached hydrogens (tertiary/aromatic N) is 1. The molecular formula is C11H22N2O. The fraction of sp³-hybridized carbons (Fsp3) is 1.00. The van der Waals surface area contributed by atoms with Crippen molar-refractivity contribution in [1.29, 1.82) is 0 Å². The summed E-state index contributed by atoms with van der Waals surface area (Å²) in [5.74, 6) is 0.837. The lowest BCUT2D eigenvalue weighted by Gasteiger charge is -2.33. The second-order valence-corrected chi connectivity index (χ2v) is 4.70. The first kappa shape index (κ1) is 10.4. The van der Waals surface area contributed by atoms with E-state index in [4.69, 9.17) is 5.11 Å². The van der Waals surface area contributed by atoms with E-state index in [2.05, 4.69) is 17.1 Å². The number of piperidine rings is 1. The summed E-state index contributed by atoms with van der Waals surface area (Å²) in [4.78, 5) is 2.56. The summed E-state index contributed by atoms with van der Waals surface area (Å²) in [5, 5.41) is 12.8. The monoisotopic (exact) mass is 198 g/mol. The molecule has 2 bridgehead atoms. The predicted octanol–water partition coefficient (Wildman–Crippen LogP) is 0.441. The van der Waals surface area contributed by atoms with Crippen molar-refractivity contribution in [3.8, 4) is 0 Å². The van der Waals surface area contributed by atoms with E-state index in [-0.39, 0.29) is 6.61 Å². The zero-order valence-electron chi connectivity index (χ0n) is 9.08. The minimum absolute atomic E-state index is 0.281. The highest BCUT2D eigenvalue weighted by Gasteiger charge is 2.34. The first-order valence-electron chi connectivity index (χ1n) is 5.92. The van der Waals surface area contributed by atoms with Gasteiger partial charge in [0.1, 0.15) is 0 Å². The zero-order valence-corrected chi connectivity index (χ0v) is 9.08. The lowest BCUT2D eigenvalue weighted by molar-refractivity contribution is 0.176. The second kappa shape index (κ2) is 4.60. The van der Waals surface area contributed by atoms with Crippen LogP contribution in [0.25, 0.3) is 0 Å². The minimum Gasteiger partial charge on any atom is -0.395 e. The third kappa shape index (κ3) is 2.10. The first-order valence-corrected chi connectivity index (χ1v) is 5.92. The third-order valence-electron chi connectivity index (χ3n) is 3.80. The molecule has 3 nitrogen and oxygen atoms in total. The molecule has 2 rings (SSSR count). The van der Waals surface area contributed by atoms with Crippen LogP contribution in [0, 0.1) is 5.92 Å². The van der Waals surface area contributed by atoms with Gasteiger partial charge in [-0.25, -0.2) is 0 Å². The van der Waals surface area contributed by atoms with E-state index >= 15 is 0 Å². The molecule has 0 aliphatic carbocycles. The van der Waals surface area contributed by atoms with E-state index in [1.54, 1.807) is 0 Å². The van der Waals surface area contributed by atoms with E-state index in [1.165, 1.54) is 32.5 Å². The molecular weight excluding hydrogens is 176 g/mol. The summed E-state index contributed by atoms with van der Waals surface area (Å²) < 4.78 is 0. The van der Waals surface area contributed by atoms with E-state index in [0.717, 1.165) is 12.3 Å². The maximum absolute atomic E-state index is 9.15. The Labute approximate surface area is 86.5 Å². The molecule has 2 saturated heterocycles. The standard InChI is InChI=1S/C11H22N2O/c1-2-10(8-14)12-11-4-6-13-5-3-9(11)7-13/h9-12,14H,2-8H2,1H3/t9?,10-,11?/m1/s1. The normalized spacial score (nSPS) is 38.6. The van der Waals surface area contributed by atoms with E-state index in [9.17, 15) is 0 Å². The highest BCUT2D eigenvalue weighted by atomic mass is 16.3. The van der Waals surface area contributed by atoms with E-state index < -0.39 is 0 Å². The van der Waals surface area contributed by atoms with Crippen molar-refractivity contribution in [3.63, 3.8) is 0 Å². The summed E-state index contributed by atoms with van der Waals surface area (Å²) >= 11 is 0. The lowest BCUT2D eigenvalue weighted by Crippen LogP contribution is -2.48. The van der Waals surface area contributed by atoms with Gasteiger partial charge in [-0.1, -0.05) is 6.92 Å². The smallest absolute Gasteiger partial charge is 0.0584 e. The summed E-state index contributed by atoms with van der Waals surface area (Å²) in [5.41, 5.74) is 0. The number of fused-ring (bicyclic) bond motifs is 2. The van der Waals surface area contributed by atoms with Crippen molar-refractivity contribution in [2.24, 2.45) is 5.92 Å². The Bertz CT molecular complexity index is 182. The molecule has 0 aromatic carbocycles. The maximum Gasteiger partial charge on any atom is 0.0584 e. The van der Waals surface area contributed by atoms with Crippen molar-refractivity contribution < 1.29 is 5.11 Å². The van der Waals surface area contributed by atoms with Gasteiger partial charge >= 0.3 is 0 Å². The largest absolute Gasteiger partial charge is 0.395 e. The lowest BCUT2D eigenvalue weighted by atomic mass is 9.93. The van der Waals surface area contributed by atoms with Crippen LogP contribution < -0.4 is 5.32 Å². The Hall–Kier alpha value is -0.120. The van der Waals surface area contributed by atoms with Crippen LogP contribution in [0.3, 0.4) is 0 Å². The molecule has 82 valence electrons. The fourth-order valence-corrected chi connectivity index (χ4v) is 2.77. The molecule has 0 amide bonds. The molecule has 2 N–H and O–H groups in total. The number of aliphatic hydroxyl groups excluding tert-OH is 1. The van der Waals surface area contributed by atoms with E-state index in [1.807, 2.05) is 0 Å². The van der Waals surface area contributed by atoms with Gasteiger partial charge in [0.15, 0.2) is 0 Å². The van der Waals surface area contributed by atoms with Crippen molar-refractivity contribution in [3.05, 3.63) is 0 Å². The van der Waals surface area contributed by atoms with Gasteiger partial charge < -0.3 is 15.3 Å². The molecule has 3 unspecified atom stereocenters. The Morgan fingerprint density at radius 3 is 2.93 bits per heavy atom. The predicted molar refractivity (Wildman–Crippen MR) is 57.3 cm³/mol. The number of rotatable bonds is 4. The SMILES string of the molecule is CC[C@H](CO)NC1CCN2CCC1C2. The van der Waals surface area contributed by atoms with E-state index in [0.29, 0.717) is 12.1 Å². The Morgan fingerprint density at radius 2 is 2.21 bits per heavy atom. The molecule has 0 saturated carbocycles. The van der Waals surface area contributed by atoms with Crippen molar-refractivity contribution >= 4 is 0 Å². The minimum atomic E-state index is 0.281. The average Bonchev–Trinajstić information content (AvgIpc) is 2.61. The molecule has 0 spiro atoms. The molecule has 2 aliphatic rings. The maximum atomic E-state index is 9.15. The van der Waals surface area contributed by atoms with Crippen LogP contribution in [0.4, 0.5) is 0 Å². The van der Waals surface area contributed by atoms with Crippen molar-refractivity contribution in [1.82, 2.24) is 10.2 Å². The quantitative estimate of drug-likeness (QED) is 0.688. The summed E-state index contributed by atoms with van der Waals surface area (Å²) in [6.45, 7) is 6.23. The van der Waals surface area contributed by atoms with Gasteiger partial charge in [0.05, 0.1) is 6.61 Å². The van der Waals surface area contributed by atoms with Crippen LogP contribution in [0.1, 0.15) is 26.2 Å². The van der Waals surface area contributed by atoms with Gasteiger partial charge in [0.2, 0.25) is 0 Å². The van der Waals surface area contributed by atoms with Crippen LogP contribution in [-0.4, -0.2) is 48.3 Å². The number of hydrogen-bond acceptors (Lipinski definition) is 3. The second-order valence-electron chi connectivity index (χ2n) is 4.70. The third-order valence-corrected chi connectivity index (χ3v) is 3.80. The zero-order chi connectivity index (χ0) is 9.97. The molecule has 3 heteroatoms. The van der Waals surface area contributed by atoms with Gasteiger partial charge in [-0.3, -0.25) is 0 Å². The highest BCUT2D eigenvalue weighted by Crippen LogP contribution is 2.27. The Kier molecular flexibility index (Phi) is 3.42. The molecule has 0 aromatic rings. The molecule has 4 atom stereocenters. The molecule has 2 aliphatic heterocycles. The van der Waals surface area contributed by atoms with Gasteiger partial charge in [-0.05, 0) is 38.3 Å². The van der Waals surface area contributed by atoms with Gasteiger partial charge in [-0.2, -0.15) is 0 Å². The van der Waals surface area contributed by atoms with Crippen LogP contribution >= 0.6 is 0 Å². The summed E-state index contributed by atoms with van der Waals surface area (Å²) in [6.07, 6.45) is 3.64. The molecule has 2 heterocycles.